The zero-order chi connectivity index (χ0) is 19.4. The average molecular weight is 388 g/mol. The Bertz CT molecular complexity index is 763. The second-order valence-corrected chi connectivity index (χ2v) is 9.48. The number of aromatic nitrogens is 2. The lowest BCUT2D eigenvalue weighted by atomic mass is 10.2. The molecule has 0 bridgehead atoms. The van der Waals surface area contributed by atoms with Gasteiger partial charge in [-0.15, -0.1) is 0 Å². The van der Waals surface area contributed by atoms with Crippen molar-refractivity contribution in [2.45, 2.75) is 44.7 Å². The number of nitrogens with one attached hydrogen (secondary N) is 1. The van der Waals surface area contributed by atoms with Gasteiger partial charge < -0.3 is 26.3 Å². The molecule has 0 saturated carbocycles. The first kappa shape index (κ1) is 19.8. The molecule has 2 aromatic rings. The molecular weight excluding hydrogens is 358 g/mol. The van der Waals surface area contributed by atoms with Crippen molar-refractivity contribution in [3.05, 3.63) is 46.8 Å². The Morgan fingerprint density at radius 2 is 1.67 bits per heavy atom. The van der Waals surface area contributed by atoms with E-state index in [0.717, 1.165) is 45.7 Å². The van der Waals surface area contributed by atoms with Gasteiger partial charge in [-0.3, -0.25) is 0 Å². The Kier molecular flexibility index (Phi) is 6.10. The smallest absolute Gasteiger partial charge is 0.123 e. The molecule has 2 unspecified atom stereocenters. The van der Waals surface area contributed by atoms with Crippen molar-refractivity contribution in [2.75, 3.05) is 24.6 Å². The van der Waals surface area contributed by atoms with Crippen molar-refractivity contribution in [1.29, 1.82) is 0 Å². The molecule has 0 radical (unpaired) electrons. The van der Waals surface area contributed by atoms with E-state index >= 15 is 0 Å². The predicted octanol–water partition coefficient (Wildman–Crippen LogP) is 0.415. The van der Waals surface area contributed by atoms with E-state index < -0.39 is 0 Å². The van der Waals surface area contributed by atoms with Gasteiger partial charge in [-0.05, 0) is 55.7 Å². The van der Waals surface area contributed by atoms with Crippen LogP contribution in [0.15, 0.2) is 24.3 Å². The zero-order valence-electron chi connectivity index (χ0n) is 16.3. The van der Waals surface area contributed by atoms with Crippen LogP contribution >= 0.6 is 0 Å². The summed E-state index contributed by atoms with van der Waals surface area (Å²) in [5.41, 5.74) is 15.5. The number of rotatable bonds is 7. The van der Waals surface area contributed by atoms with E-state index in [1.807, 2.05) is 38.1 Å². The van der Waals surface area contributed by atoms with Gasteiger partial charge in [0.25, 0.3) is 0 Å². The molecule has 0 aromatic carbocycles. The van der Waals surface area contributed by atoms with Crippen LogP contribution in [-0.4, -0.2) is 44.6 Å². The first-order valence-electron chi connectivity index (χ1n) is 9.22. The fourth-order valence-corrected chi connectivity index (χ4v) is 4.33. The summed E-state index contributed by atoms with van der Waals surface area (Å²) in [4.78, 5) is 8.65. The Labute approximate surface area is 163 Å². The monoisotopic (exact) mass is 387 g/mol. The van der Waals surface area contributed by atoms with Crippen molar-refractivity contribution < 1.29 is 9.47 Å². The highest BCUT2D eigenvalue weighted by Gasteiger charge is 2.35. The lowest BCUT2D eigenvalue weighted by Gasteiger charge is -2.24. The van der Waals surface area contributed by atoms with E-state index in [1.54, 1.807) is 0 Å². The highest BCUT2D eigenvalue weighted by atomic mass is 28.1. The second-order valence-electron chi connectivity index (χ2n) is 7.66. The number of nitrogens with two attached hydrogens (primary N) is 2. The topological polar surface area (TPSA) is 108 Å². The van der Waals surface area contributed by atoms with Gasteiger partial charge in [0.05, 0.1) is 36.4 Å². The molecule has 0 spiro atoms. The van der Waals surface area contributed by atoms with Crippen molar-refractivity contribution in [2.24, 2.45) is 0 Å². The van der Waals surface area contributed by atoms with Crippen LogP contribution in [0.4, 0.5) is 11.6 Å². The zero-order valence-corrected chi connectivity index (χ0v) is 18.3. The molecule has 2 aromatic heterocycles. The molecular formula is C19H29N5O2Si. The summed E-state index contributed by atoms with van der Waals surface area (Å²) >= 11 is 0. The third-order valence-electron chi connectivity index (χ3n) is 4.67. The van der Waals surface area contributed by atoms with Crippen molar-refractivity contribution in [3.63, 3.8) is 0 Å². The van der Waals surface area contributed by atoms with Gasteiger partial charge in [0, 0.05) is 22.8 Å². The Morgan fingerprint density at radius 3 is 2.26 bits per heavy atom. The van der Waals surface area contributed by atoms with E-state index in [2.05, 4.69) is 15.3 Å². The Hall–Kier alpha value is -2.00. The van der Waals surface area contributed by atoms with Gasteiger partial charge >= 0.3 is 0 Å². The summed E-state index contributed by atoms with van der Waals surface area (Å²) in [6.45, 7) is 6.43. The van der Waals surface area contributed by atoms with Crippen molar-refractivity contribution in [3.8, 4) is 0 Å². The summed E-state index contributed by atoms with van der Waals surface area (Å²) in [7, 11) is 0.931. The van der Waals surface area contributed by atoms with Crippen LogP contribution in [0.1, 0.15) is 28.9 Å². The standard InChI is InChI=1S/C19H29N5O2Si/c1-12-3-14(23-17(20)5-12)8-25-9-16-7-19(27,11-22-16)26-10-15-4-13(2)6-18(21)24-15/h3-6,16,22H,7-11H2,1-2,27H3,(H2,20,23)(H2,21,24). The lowest BCUT2D eigenvalue weighted by molar-refractivity contribution is 0.0138. The maximum Gasteiger partial charge on any atom is 0.123 e. The molecule has 146 valence electrons. The van der Waals surface area contributed by atoms with Gasteiger partial charge in [0.1, 0.15) is 11.6 Å². The number of anilines is 2. The lowest BCUT2D eigenvalue weighted by Crippen LogP contribution is -2.35. The molecule has 1 fully saturated rings. The molecule has 0 amide bonds. The normalized spacial score (nSPS) is 22.4. The van der Waals surface area contributed by atoms with Crippen molar-refractivity contribution in [1.82, 2.24) is 15.3 Å². The van der Waals surface area contributed by atoms with E-state index in [0.29, 0.717) is 31.5 Å². The van der Waals surface area contributed by atoms with Crippen molar-refractivity contribution >= 4 is 21.9 Å². The van der Waals surface area contributed by atoms with Gasteiger partial charge in [-0.25, -0.2) is 9.97 Å². The van der Waals surface area contributed by atoms with Crippen LogP contribution < -0.4 is 16.8 Å². The highest BCUT2D eigenvalue weighted by molar-refractivity contribution is 6.15. The van der Waals surface area contributed by atoms with Crippen LogP contribution in [0.2, 0.25) is 0 Å². The van der Waals surface area contributed by atoms with Crippen LogP contribution in [0, 0.1) is 13.8 Å². The van der Waals surface area contributed by atoms with Gasteiger partial charge in [0.15, 0.2) is 0 Å². The number of aryl methyl sites for hydroxylation is 2. The minimum atomic E-state index is -0.111. The molecule has 1 saturated heterocycles. The molecule has 1 aliphatic rings. The second kappa shape index (κ2) is 8.35. The SMILES string of the molecule is Cc1cc(N)nc(COCC2CC([SiH3])(OCc3cc(C)cc(N)n3)CN2)c1. The molecule has 1 aliphatic heterocycles. The molecule has 0 aliphatic carbocycles. The molecule has 2 atom stereocenters. The first-order chi connectivity index (χ1) is 12.8. The molecule has 3 rings (SSSR count). The van der Waals surface area contributed by atoms with E-state index in [-0.39, 0.29) is 11.3 Å². The average Bonchev–Trinajstić information content (AvgIpc) is 2.93. The van der Waals surface area contributed by atoms with E-state index in [1.165, 1.54) is 0 Å². The largest absolute Gasteiger partial charge is 0.384 e. The van der Waals surface area contributed by atoms with E-state index in [4.69, 9.17) is 20.9 Å². The molecule has 5 N–H and O–H groups in total. The van der Waals surface area contributed by atoms with Crippen LogP contribution in [-0.2, 0) is 22.7 Å². The van der Waals surface area contributed by atoms with Gasteiger partial charge in [-0.2, -0.15) is 0 Å². The predicted molar refractivity (Wildman–Crippen MR) is 110 cm³/mol. The maximum atomic E-state index is 6.21. The summed E-state index contributed by atoms with van der Waals surface area (Å²) in [5, 5.41) is 3.40. The van der Waals surface area contributed by atoms with Crippen LogP contribution in [0.5, 0.6) is 0 Å². The van der Waals surface area contributed by atoms with Gasteiger partial charge in [0.2, 0.25) is 0 Å². The minimum absolute atomic E-state index is 0.111. The number of hydrogen-bond acceptors (Lipinski definition) is 7. The molecule has 27 heavy (non-hydrogen) atoms. The summed E-state index contributed by atoms with van der Waals surface area (Å²) in [6.07, 6.45) is 0.934. The number of ether oxygens (including phenoxy) is 2. The van der Waals surface area contributed by atoms with Crippen LogP contribution in [0.25, 0.3) is 0 Å². The van der Waals surface area contributed by atoms with Crippen LogP contribution in [0.3, 0.4) is 0 Å². The fraction of sp³-hybridized carbons (Fsp3) is 0.474. The number of nitrogens with zero attached hydrogens (tertiary/aromatic N) is 2. The number of pyridine rings is 2. The maximum absolute atomic E-state index is 6.21. The number of hydrogen-bond donors (Lipinski definition) is 3. The summed E-state index contributed by atoms with van der Waals surface area (Å²) in [5.74, 6) is 1.07. The highest BCUT2D eigenvalue weighted by Crippen LogP contribution is 2.22. The summed E-state index contributed by atoms with van der Waals surface area (Å²) in [6, 6.07) is 8.01. The van der Waals surface area contributed by atoms with Gasteiger partial charge in [-0.1, -0.05) is 0 Å². The Balaban J connectivity index is 1.45. The quantitative estimate of drug-likeness (QED) is 0.591. The summed E-state index contributed by atoms with van der Waals surface area (Å²) < 4.78 is 12.1. The first-order valence-corrected chi connectivity index (χ1v) is 10.2. The van der Waals surface area contributed by atoms with E-state index in [9.17, 15) is 0 Å². The number of nitrogen functional groups attached to an aromatic ring is 2. The molecule has 3 heterocycles. The third kappa shape index (κ3) is 5.73. The Morgan fingerprint density at radius 1 is 1.07 bits per heavy atom. The molecule has 8 heteroatoms. The minimum Gasteiger partial charge on any atom is -0.384 e. The molecule has 7 nitrogen and oxygen atoms in total. The fourth-order valence-electron chi connectivity index (χ4n) is 3.49. The third-order valence-corrected chi connectivity index (χ3v) is 5.72.